The van der Waals surface area contributed by atoms with E-state index in [2.05, 4.69) is 51.5 Å². The maximum absolute atomic E-state index is 6.21. The Morgan fingerprint density at radius 2 is 2.00 bits per heavy atom. The number of anilines is 2. The number of benzene rings is 1. The van der Waals surface area contributed by atoms with Crippen molar-refractivity contribution in [2.45, 2.75) is 57.6 Å². The summed E-state index contributed by atoms with van der Waals surface area (Å²) in [5, 5.41) is 3.67. The van der Waals surface area contributed by atoms with Crippen molar-refractivity contribution in [3.05, 3.63) is 41.9 Å². The number of nitrogens with zero attached hydrogens (tertiary/aromatic N) is 3. The monoisotopic (exact) mass is 352 g/mol. The molecule has 1 atom stereocenters. The number of aryl methyl sites for hydroxylation is 1. The normalized spacial score (nSPS) is 20.5. The van der Waals surface area contributed by atoms with Crippen molar-refractivity contribution in [2.75, 3.05) is 23.8 Å². The lowest BCUT2D eigenvalue weighted by Gasteiger charge is -2.33. The molecule has 1 aliphatic carbocycles. The van der Waals surface area contributed by atoms with Crippen LogP contribution in [0.5, 0.6) is 5.75 Å². The third-order valence-electron chi connectivity index (χ3n) is 5.44. The highest BCUT2D eigenvalue weighted by atomic mass is 16.5. The van der Waals surface area contributed by atoms with Crippen LogP contribution in [0.1, 0.15) is 56.0 Å². The van der Waals surface area contributed by atoms with Gasteiger partial charge in [0.25, 0.3) is 0 Å². The van der Waals surface area contributed by atoms with Gasteiger partial charge in [-0.3, -0.25) is 0 Å². The average Bonchev–Trinajstić information content (AvgIpc) is 2.65. The van der Waals surface area contributed by atoms with Gasteiger partial charge >= 0.3 is 0 Å². The smallest absolute Gasteiger partial charge is 0.137 e. The molecule has 2 aromatic rings. The summed E-state index contributed by atoms with van der Waals surface area (Å²) in [4.78, 5) is 11.3. The molecule has 1 aliphatic heterocycles. The lowest BCUT2D eigenvalue weighted by molar-refractivity contribution is 0.155. The number of aromatic nitrogens is 2. The van der Waals surface area contributed by atoms with Gasteiger partial charge in [-0.1, -0.05) is 12.5 Å². The number of ether oxygens (including phenoxy) is 1. The van der Waals surface area contributed by atoms with Gasteiger partial charge in [-0.15, -0.1) is 0 Å². The Hall–Kier alpha value is -2.30. The zero-order valence-electron chi connectivity index (χ0n) is 15.7. The fourth-order valence-electron chi connectivity index (χ4n) is 3.99. The summed E-state index contributed by atoms with van der Waals surface area (Å²) in [6.45, 7) is 2.93. The van der Waals surface area contributed by atoms with Gasteiger partial charge in [0.1, 0.15) is 17.4 Å². The van der Waals surface area contributed by atoms with Crippen molar-refractivity contribution in [2.24, 2.45) is 0 Å². The van der Waals surface area contributed by atoms with Crippen LogP contribution in [-0.2, 0) is 0 Å². The molecule has 1 aromatic carbocycles. The number of rotatable bonds is 4. The molecule has 0 bridgehead atoms. The molecule has 1 unspecified atom stereocenters. The minimum atomic E-state index is 0.228. The minimum Gasteiger partial charge on any atom is -0.490 e. The van der Waals surface area contributed by atoms with Crippen molar-refractivity contribution < 1.29 is 4.74 Å². The number of hydrogen-bond donors (Lipinski definition) is 1. The first-order valence-electron chi connectivity index (χ1n) is 9.77. The molecule has 1 saturated carbocycles. The van der Waals surface area contributed by atoms with E-state index in [-0.39, 0.29) is 6.04 Å². The molecule has 1 aromatic heterocycles. The largest absolute Gasteiger partial charge is 0.490 e. The van der Waals surface area contributed by atoms with Crippen molar-refractivity contribution in [3.63, 3.8) is 0 Å². The molecule has 2 heterocycles. The van der Waals surface area contributed by atoms with Crippen LogP contribution in [-0.4, -0.2) is 29.7 Å². The molecule has 5 nitrogen and oxygen atoms in total. The molecule has 1 fully saturated rings. The van der Waals surface area contributed by atoms with Gasteiger partial charge in [-0.05, 0) is 51.2 Å². The summed E-state index contributed by atoms with van der Waals surface area (Å²) in [5.74, 6) is 2.82. The van der Waals surface area contributed by atoms with E-state index in [1.807, 2.05) is 13.1 Å². The number of nitrogens with one attached hydrogen (secondary N) is 1. The SMILES string of the molecule is Cc1ncc2c(n1)N(C)CCC2Nc1cccc(OC2CCCCC2)c1. The second-order valence-corrected chi connectivity index (χ2v) is 7.51. The van der Waals surface area contributed by atoms with Crippen LogP contribution in [0, 0.1) is 6.92 Å². The highest BCUT2D eigenvalue weighted by Gasteiger charge is 2.25. The van der Waals surface area contributed by atoms with E-state index in [9.17, 15) is 0 Å². The third kappa shape index (κ3) is 3.76. The highest BCUT2D eigenvalue weighted by molar-refractivity contribution is 5.55. The van der Waals surface area contributed by atoms with Crippen LogP contribution >= 0.6 is 0 Å². The summed E-state index contributed by atoms with van der Waals surface area (Å²) in [6, 6.07) is 8.60. The maximum Gasteiger partial charge on any atom is 0.137 e. The lowest BCUT2D eigenvalue weighted by atomic mass is 9.98. The second kappa shape index (κ2) is 7.52. The predicted molar refractivity (Wildman–Crippen MR) is 105 cm³/mol. The van der Waals surface area contributed by atoms with Crippen LogP contribution in [0.25, 0.3) is 0 Å². The molecule has 0 saturated heterocycles. The van der Waals surface area contributed by atoms with E-state index in [0.29, 0.717) is 6.10 Å². The molecule has 2 aliphatic rings. The molecule has 1 N–H and O–H groups in total. The van der Waals surface area contributed by atoms with Crippen molar-refractivity contribution in [3.8, 4) is 5.75 Å². The first kappa shape index (κ1) is 17.1. The molecule has 138 valence electrons. The van der Waals surface area contributed by atoms with E-state index in [0.717, 1.165) is 36.0 Å². The Balaban J connectivity index is 1.49. The van der Waals surface area contributed by atoms with E-state index < -0.39 is 0 Å². The Morgan fingerprint density at radius 3 is 2.85 bits per heavy atom. The fourth-order valence-corrected chi connectivity index (χ4v) is 3.99. The lowest BCUT2D eigenvalue weighted by Crippen LogP contribution is -2.31. The predicted octanol–water partition coefficient (Wildman–Crippen LogP) is 4.49. The van der Waals surface area contributed by atoms with Gasteiger partial charge < -0.3 is 15.0 Å². The maximum atomic E-state index is 6.21. The summed E-state index contributed by atoms with van der Waals surface area (Å²) < 4.78 is 6.21. The second-order valence-electron chi connectivity index (χ2n) is 7.51. The number of fused-ring (bicyclic) bond motifs is 1. The average molecular weight is 352 g/mol. The summed E-state index contributed by atoms with van der Waals surface area (Å²) in [6.07, 6.45) is 9.64. The van der Waals surface area contributed by atoms with Gasteiger partial charge in [-0.25, -0.2) is 9.97 Å². The van der Waals surface area contributed by atoms with Crippen molar-refractivity contribution in [1.29, 1.82) is 0 Å². The molecule has 26 heavy (non-hydrogen) atoms. The molecule has 0 radical (unpaired) electrons. The molecular weight excluding hydrogens is 324 g/mol. The third-order valence-corrected chi connectivity index (χ3v) is 5.44. The summed E-state index contributed by atoms with van der Waals surface area (Å²) in [5.41, 5.74) is 2.27. The summed E-state index contributed by atoms with van der Waals surface area (Å²) in [7, 11) is 2.10. The zero-order chi connectivity index (χ0) is 17.9. The first-order valence-corrected chi connectivity index (χ1v) is 9.77. The molecule has 0 spiro atoms. The van der Waals surface area contributed by atoms with E-state index in [4.69, 9.17) is 4.74 Å². The molecule has 0 amide bonds. The van der Waals surface area contributed by atoms with Crippen LogP contribution in [0.15, 0.2) is 30.5 Å². The first-order chi connectivity index (χ1) is 12.7. The van der Waals surface area contributed by atoms with E-state index in [1.54, 1.807) is 0 Å². The minimum absolute atomic E-state index is 0.228. The molecule has 4 rings (SSSR count). The van der Waals surface area contributed by atoms with Crippen LogP contribution in [0.4, 0.5) is 11.5 Å². The summed E-state index contributed by atoms with van der Waals surface area (Å²) >= 11 is 0. The van der Waals surface area contributed by atoms with E-state index >= 15 is 0 Å². The zero-order valence-corrected chi connectivity index (χ0v) is 15.7. The standard InChI is InChI=1S/C21H28N4O/c1-15-22-14-19-20(11-12-25(2)21(19)23-15)24-16-7-6-10-18(13-16)26-17-8-4-3-5-9-17/h6-7,10,13-14,17,20,24H,3-5,8-9,11-12H2,1-2H3. The van der Waals surface area contributed by atoms with Gasteiger partial charge in [0.2, 0.25) is 0 Å². The van der Waals surface area contributed by atoms with Gasteiger partial charge in [0.15, 0.2) is 0 Å². The van der Waals surface area contributed by atoms with Crippen LogP contribution in [0.2, 0.25) is 0 Å². The molecular formula is C21H28N4O. The van der Waals surface area contributed by atoms with Crippen LogP contribution in [0.3, 0.4) is 0 Å². The highest BCUT2D eigenvalue weighted by Crippen LogP contribution is 2.34. The van der Waals surface area contributed by atoms with Gasteiger partial charge in [0.05, 0.1) is 12.1 Å². The number of hydrogen-bond acceptors (Lipinski definition) is 5. The topological polar surface area (TPSA) is 50.3 Å². The van der Waals surface area contributed by atoms with E-state index in [1.165, 1.54) is 37.7 Å². The van der Waals surface area contributed by atoms with Gasteiger partial charge in [-0.2, -0.15) is 0 Å². The Labute approximate surface area is 155 Å². The van der Waals surface area contributed by atoms with Crippen molar-refractivity contribution in [1.82, 2.24) is 9.97 Å². The Morgan fingerprint density at radius 1 is 1.15 bits per heavy atom. The van der Waals surface area contributed by atoms with Crippen molar-refractivity contribution >= 4 is 11.5 Å². The van der Waals surface area contributed by atoms with Crippen LogP contribution < -0.4 is 15.0 Å². The Kier molecular flexibility index (Phi) is 4.96. The quantitative estimate of drug-likeness (QED) is 0.878. The Bertz CT molecular complexity index is 757. The van der Waals surface area contributed by atoms with Gasteiger partial charge in [0, 0.05) is 37.1 Å². The molecule has 5 heteroatoms. The fraction of sp³-hybridized carbons (Fsp3) is 0.524.